The molecule has 0 saturated heterocycles. The SMILES string of the molecule is COC(=O)C(C)C(=O)c1coc2ccccc12. The minimum atomic E-state index is -0.819. The van der Waals surface area contributed by atoms with E-state index in [1.807, 2.05) is 12.1 Å². The van der Waals surface area contributed by atoms with E-state index in [4.69, 9.17) is 4.42 Å². The summed E-state index contributed by atoms with van der Waals surface area (Å²) in [5.74, 6) is -1.65. The molecule has 0 N–H and O–H groups in total. The maximum Gasteiger partial charge on any atom is 0.316 e. The number of Topliss-reactive ketones (excluding diaryl/α,β-unsaturated/α-hetero) is 1. The molecule has 1 heterocycles. The summed E-state index contributed by atoms with van der Waals surface area (Å²) in [6, 6.07) is 7.20. The van der Waals surface area contributed by atoms with Crippen molar-refractivity contribution in [3.63, 3.8) is 0 Å². The van der Waals surface area contributed by atoms with Crippen LogP contribution in [0.25, 0.3) is 11.0 Å². The number of carbonyl (C=O) groups excluding carboxylic acids is 2. The van der Waals surface area contributed by atoms with E-state index in [9.17, 15) is 9.59 Å². The summed E-state index contributed by atoms with van der Waals surface area (Å²) in [5.41, 5.74) is 1.05. The molecule has 0 aliphatic rings. The molecule has 1 unspecified atom stereocenters. The van der Waals surface area contributed by atoms with Crippen LogP contribution in [0.5, 0.6) is 0 Å². The zero-order valence-corrected chi connectivity index (χ0v) is 9.60. The second-order valence-electron chi connectivity index (χ2n) is 3.75. The fourth-order valence-electron chi connectivity index (χ4n) is 1.69. The van der Waals surface area contributed by atoms with Crippen molar-refractivity contribution < 1.29 is 18.7 Å². The first kappa shape index (κ1) is 11.4. The maximum atomic E-state index is 12.1. The lowest BCUT2D eigenvalue weighted by Crippen LogP contribution is -2.22. The highest BCUT2D eigenvalue weighted by Gasteiger charge is 2.26. The van der Waals surface area contributed by atoms with Crippen molar-refractivity contribution in [2.75, 3.05) is 7.11 Å². The van der Waals surface area contributed by atoms with E-state index < -0.39 is 11.9 Å². The van der Waals surface area contributed by atoms with Crippen LogP contribution in [0.3, 0.4) is 0 Å². The molecule has 0 aliphatic carbocycles. The summed E-state index contributed by atoms with van der Waals surface area (Å²) < 4.78 is 9.81. The van der Waals surface area contributed by atoms with Crippen LogP contribution in [0.2, 0.25) is 0 Å². The average Bonchev–Trinajstić information content (AvgIpc) is 2.79. The van der Waals surface area contributed by atoms with Crippen molar-refractivity contribution in [3.8, 4) is 0 Å². The summed E-state index contributed by atoms with van der Waals surface area (Å²) in [6.07, 6.45) is 1.38. The Kier molecular flexibility index (Phi) is 2.95. The molecule has 1 aromatic carbocycles. The normalized spacial score (nSPS) is 12.4. The van der Waals surface area contributed by atoms with E-state index in [0.717, 1.165) is 0 Å². The molecule has 88 valence electrons. The van der Waals surface area contributed by atoms with Crippen molar-refractivity contribution >= 4 is 22.7 Å². The minimum absolute atomic E-state index is 0.290. The van der Waals surface area contributed by atoms with Gasteiger partial charge in [-0.3, -0.25) is 9.59 Å². The standard InChI is InChI=1S/C13H12O4/c1-8(13(15)16-2)12(14)10-7-17-11-6-4-3-5-9(10)11/h3-8H,1-2H3. The van der Waals surface area contributed by atoms with Gasteiger partial charge in [-0.2, -0.15) is 0 Å². The second kappa shape index (κ2) is 4.41. The molecule has 1 atom stereocenters. The van der Waals surface area contributed by atoms with Crippen LogP contribution in [0.15, 0.2) is 34.9 Å². The van der Waals surface area contributed by atoms with Crippen LogP contribution in [0.4, 0.5) is 0 Å². The van der Waals surface area contributed by atoms with Gasteiger partial charge in [0.2, 0.25) is 0 Å². The number of ketones is 1. The summed E-state index contributed by atoms with van der Waals surface area (Å²) in [6.45, 7) is 1.52. The number of rotatable bonds is 3. The number of hydrogen-bond acceptors (Lipinski definition) is 4. The first-order valence-electron chi connectivity index (χ1n) is 5.23. The van der Waals surface area contributed by atoms with Crippen LogP contribution in [-0.4, -0.2) is 18.9 Å². The lowest BCUT2D eigenvalue weighted by molar-refractivity contribution is -0.143. The van der Waals surface area contributed by atoms with E-state index in [-0.39, 0.29) is 5.78 Å². The molecule has 1 aromatic heterocycles. The number of benzene rings is 1. The van der Waals surface area contributed by atoms with Crippen LogP contribution < -0.4 is 0 Å². The molecule has 2 rings (SSSR count). The monoisotopic (exact) mass is 232 g/mol. The summed E-state index contributed by atoms with van der Waals surface area (Å²) in [5, 5.41) is 0.716. The smallest absolute Gasteiger partial charge is 0.316 e. The van der Waals surface area contributed by atoms with E-state index in [1.165, 1.54) is 20.3 Å². The van der Waals surface area contributed by atoms with Gasteiger partial charge >= 0.3 is 5.97 Å². The van der Waals surface area contributed by atoms with Gasteiger partial charge in [0.05, 0.1) is 12.7 Å². The van der Waals surface area contributed by atoms with Crippen LogP contribution in [0.1, 0.15) is 17.3 Å². The quantitative estimate of drug-likeness (QED) is 0.463. The number of furan rings is 1. The van der Waals surface area contributed by atoms with Gasteiger partial charge in [-0.05, 0) is 13.0 Å². The van der Waals surface area contributed by atoms with Gasteiger partial charge in [0.15, 0.2) is 5.78 Å². The Morgan fingerprint density at radius 1 is 1.29 bits per heavy atom. The fourth-order valence-corrected chi connectivity index (χ4v) is 1.69. The number of hydrogen-bond donors (Lipinski definition) is 0. The van der Waals surface area contributed by atoms with Crippen molar-refractivity contribution in [3.05, 3.63) is 36.1 Å². The molecule has 0 aliphatic heterocycles. The van der Waals surface area contributed by atoms with Gasteiger partial charge in [-0.1, -0.05) is 18.2 Å². The van der Waals surface area contributed by atoms with Gasteiger partial charge in [0.1, 0.15) is 17.8 Å². The van der Waals surface area contributed by atoms with Crippen molar-refractivity contribution in [1.29, 1.82) is 0 Å². The Bertz CT molecular complexity index is 568. The number of fused-ring (bicyclic) bond motifs is 1. The molecule has 17 heavy (non-hydrogen) atoms. The zero-order chi connectivity index (χ0) is 12.4. The molecule has 0 spiro atoms. The van der Waals surface area contributed by atoms with Crippen molar-refractivity contribution in [2.24, 2.45) is 5.92 Å². The zero-order valence-electron chi connectivity index (χ0n) is 9.60. The van der Waals surface area contributed by atoms with Crippen molar-refractivity contribution in [1.82, 2.24) is 0 Å². The van der Waals surface area contributed by atoms with E-state index in [2.05, 4.69) is 4.74 Å². The maximum absolute atomic E-state index is 12.1. The Balaban J connectivity index is 2.40. The highest BCUT2D eigenvalue weighted by atomic mass is 16.5. The van der Waals surface area contributed by atoms with Crippen LogP contribution in [-0.2, 0) is 9.53 Å². The number of para-hydroxylation sites is 1. The van der Waals surface area contributed by atoms with Gasteiger partial charge in [0.25, 0.3) is 0 Å². The largest absolute Gasteiger partial charge is 0.468 e. The Labute approximate surface area is 98.2 Å². The number of esters is 1. The lowest BCUT2D eigenvalue weighted by Gasteiger charge is -2.06. The first-order chi connectivity index (χ1) is 8.15. The Morgan fingerprint density at radius 3 is 2.71 bits per heavy atom. The molecule has 4 nitrogen and oxygen atoms in total. The molecule has 2 aromatic rings. The predicted molar refractivity (Wildman–Crippen MR) is 61.7 cm³/mol. The molecule has 0 bridgehead atoms. The molecular weight excluding hydrogens is 220 g/mol. The van der Waals surface area contributed by atoms with Gasteiger partial charge in [-0.25, -0.2) is 0 Å². The Hall–Kier alpha value is -2.10. The third-order valence-corrected chi connectivity index (χ3v) is 2.69. The molecule has 0 radical (unpaired) electrons. The topological polar surface area (TPSA) is 56.5 Å². The average molecular weight is 232 g/mol. The molecule has 0 saturated carbocycles. The number of ether oxygens (including phenoxy) is 1. The third-order valence-electron chi connectivity index (χ3n) is 2.69. The van der Waals surface area contributed by atoms with Gasteiger partial charge < -0.3 is 9.15 Å². The predicted octanol–water partition coefficient (Wildman–Crippen LogP) is 2.42. The van der Waals surface area contributed by atoms with Crippen LogP contribution in [0, 0.1) is 5.92 Å². The molecular formula is C13H12O4. The number of methoxy groups -OCH3 is 1. The summed E-state index contributed by atoms with van der Waals surface area (Å²) in [7, 11) is 1.26. The highest BCUT2D eigenvalue weighted by molar-refractivity contribution is 6.14. The molecule has 0 amide bonds. The minimum Gasteiger partial charge on any atom is -0.468 e. The highest BCUT2D eigenvalue weighted by Crippen LogP contribution is 2.23. The molecule has 4 heteroatoms. The van der Waals surface area contributed by atoms with Crippen molar-refractivity contribution in [2.45, 2.75) is 6.92 Å². The second-order valence-corrected chi connectivity index (χ2v) is 3.75. The summed E-state index contributed by atoms with van der Waals surface area (Å²) in [4.78, 5) is 23.4. The van der Waals surface area contributed by atoms with E-state index in [1.54, 1.807) is 12.1 Å². The first-order valence-corrected chi connectivity index (χ1v) is 5.23. The van der Waals surface area contributed by atoms with Gasteiger partial charge in [-0.15, -0.1) is 0 Å². The number of carbonyl (C=O) groups is 2. The Morgan fingerprint density at radius 2 is 2.00 bits per heavy atom. The van der Waals surface area contributed by atoms with Crippen LogP contribution >= 0.6 is 0 Å². The van der Waals surface area contributed by atoms with Gasteiger partial charge in [0, 0.05) is 5.39 Å². The fraction of sp³-hybridized carbons (Fsp3) is 0.231. The summed E-state index contributed by atoms with van der Waals surface area (Å²) >= 11 is 0. The van der Waals surface area contributed by atoms with E-state index >= 15 is 0 Å². The third kappa shape index (κ3) is 1.93. The van der Waals surface area contributed by atoms with E-state index in [0.29, 0.717) is 16.5 Å². The molecule has 0 fully saturated rings. The lowest BCUT2D eigenvalue weighted by atomic mass is 9.99.